The molecule has 0 aliphatic rings. The van der Waals surface area contributed by atoms with E-state index in [0.717, 1.165) is 4.31 Å². The molecule has 16 heavy (non-hydrogen) atoms. The van der Waals surface area contributed by atoms with Crippen LogP contribution in [-0.2, 0) is 15.0 Å². The number of rotatable bonds is 8. The Morgan fingerprint density at radius 1 is 1.50 bits per heavy atom. The molecule has 0 aromatic rings. The smallest absolute Gasteiger partial charge is 0.322 e. The molecule has 0 aromatic carbocycles. The molecule has 1 unspecified atom stereocenters. The van der Waals surface area contributed by atoms with Crippen LogP contribution in [0.3, 0.4) is 0 Å². The molecule has 0 radical (unpaired) electrons. The molecule has 0 aliphatic carbocycles. The number of aliphatic carboxylic acids is 1. The summed E-state index contributed by atoms with van der Waals surface area (Å²) in [6.07, 6.45) is 1.42. The summed E-state index contributed by atoms with van der Waals surface area (Å²) < 4.78 is 26.7. The first-order valence-electron chi connectivity index (χ1n) is 5.00. The van der Waals surface area contributed by atoms with Crippen LogP contribution in [0.15, 0.2) is 12.7 Å². The highest BCUT2D eigenvalue weighted by molar-refractivity contribution is 7.87. The normalized spacial score (nSPS) is 13.7. The maximum absolute atomic E-state index is 11.7. The summed E-state index contributed by atoms with van der Waals surface area (Å²) in [5.74, 6) is -1.21. The Kier molecular flexibility index (Phi) is 6.24. The van der Waals surface area contributed by atoms with Gasteiger partial charge in [-0.2, -0.15) is 17.4 Å². The highest BCUT2D eigenvalue weighted by atomic mass is 32.2. The molecule has 0 aliphatic heterocycles. The van der Waals surface area contributed by atoms with Gasteiger partial charge in [0.25, 0.3) is 10.2 Å². The molecule has 0 heterocycles. The summed E-state index contributed by atoms with van der Waals surface area (Å²) in [4.78, 5) is 10.8. The van der Waals surface area contributed by atoms with Crippen molar-refractivity contribution in [2.45, 2.75) is 26.3 Å². The monoisotopic (exact) mass is 250 g/mol. The van der Waals surface area contributed by atoms with Gasteiger partial charge in [-0.15, -0.1) is 6.58 Å². The van der Waals surface area contributed by atoms with Crippen LogP contribution in [0.2, 0.25) is 0 Å². The number of hydrogen-bond donors (Lipinski definition) is 2. The van der Waals surface area contributed by atoms with E-state index in [4.69, 9.17) is 5.11 Å². The zero-order valence-corrected chi connectivity index (χ0v) is 10.3. The topological polar surface area (TPSA) is 86.7 Å². The van der Waals surface area contributed by atoms with Crippen molar-refractivity contribution in [2.24, 2.45) is 0 Å². The van der Waals surface area contributed by atoms with Gasteiger partial charge in [0.1, 0.15) is 6.04 Å². The van der Waals surface area contributed by atoms with Gasteiger partial charge >= 0.3 is 5.97 Å². The van der Waals surface area contributed by atoms with Crippen LogP contribution in [0.1, 0.15) is 20.3 Å². The van der Waals surface area contributed by atoms with E-state index in [1.54, 1.807) is 13.8 Å². The quantitative estimate of drug-likeness (QED) is 0.602. The number of carbonyl (C=O) groups is 1. The largest absolute Gasteiger partial charge is 0.480 e. The molecule has 0 fully saturated rings. The molecule has 7 heteroatoms. The van der Waals surface area contributed by atoms with Crippen molar-refractivity contribution in [1.82, 2.24) is 9.03 Å². The van der Waals surface area contributed by atoms with Crippen LogP contribution in [0.25, 0.3) is 0 Å². The molecule has 6 nitrogen and oxygen atoms in total. The van der Waals surface area contributed by atoms with E-state index in [1.165, 1.54) is 6.08 Å². The number of carboxylic acid groups (broad SMARTS) is 1. The van der Waals surface area contributed by atoms with Crippen LogP contribution in [0.4, 0.5) is 0 Å². The Balaban J connectivity index is 4.77. The predicted octanol–water partition coefficient (Wildman–Crippen LogP) is 0.192. The number of nitrogens with one attached hydrogen (secondary N) is 1. The van der Waals surface area contributed by atoms with Gasteiger partial charge < -0.3 is 5.11 Å². The second kappa shape index (κ2) is 6.62. The highest BCUT2D eigenvalue weighted by Gasteiger charge is 2.26. The lowest BCUT2D eigenvalue weighted by atomic mass is 10.2. The summed E-state index contributed by atoms with van der Waals surface area (Å²) in [5.41, 5.74) is 0. The van der Waals surface area contributed by atoms with E-state index in [9.17, 15) is 13.2 Å². The lowest BCUT2D eigenvalue weighted by Crippen LogP contribution is -2.48. The molecule has 0 saturated carbocycles. The van der Waals surface area contributed by atoms with Gasteiger partial charge in [-0.25, -0.2) is 0 Å². The lowest BCUT2D eigenvalue weighted by Gasteiger charge is -2.21. The van der Waals surface area contributed by atoms with E-state index in [0.29, 0.717) is 13.1 Å². The van der Waals surface area contributed by atoms with Gasteiger partial charge in [-0.1, -0.05) is 19.9 Å². The van der Waals surface area contributed by atoms with E-state index in [2.05, 4.69) is 11.3 Å². The zero-order chi connectivity index (χ0) is 12.8. The maximum Gasteiger partial charge on any atom is 0.322 e. The number of nitrogens with zero attached hydrogens (tertiary/aromatic N) is 1. The Morgan fingerprint density at radius 3 is 2.31 bits per heavy atom. The summed E-state index contributed by atoms with van der Waals surface area (Å²) >= 11 is 0. The van der Waals surface area contributed by atoms with Crippen molar-refractivity contribution < 1.29 is 18.3 Å². The van der Waals surface area contributed by atoms with Crippen molar-refractivity contribution in [3.63, 3.8) is 0 Å². The number of hydrogen-bond acceptors (Lipinski definition) is 3. The van der Waals surface area contributed by atoms with E-state index in [-0.39, 0.29) is 6.42 Å². The Morgan fingerprint density at radius 2 is 2.00 bits per heavy atom. The molecule has 0 aromatic heterocycles. The fourth-order valence-corrected chi connectivity index (χ4v) is 2.57. The van der Waals surface area contributed by atoms with Crippen LogP contribution >= 0.6 is 0 Å². The molecular formula is C9H18N2O4S. The molecule has 0 spiro atoms. The molecule has 0 saturated heterocycles. The van der Waals surface area contributed by atoms with Crippen LogP contribution in [0.5, 0.6) is 0 Å². The first-order valence-corrected chi connectivity index (χ1v) is 6.44. The van der Waals surface area contributed by atoms with Gasteiger partial charge in [-0.05, 0) is 6.42 Å². The van der Waals surface area contributed by atoms with Crippen LogP contribution < -0.4 is 4.72 Å². The summed E-state index contributed by atoms with van der Waals surface area (Å²) in [6.45, 7) is 7.36. The minimum Gasteiger partial charge on any atom is -0.480 e. The van der Waals surface area contributed by atoms with Gasteiger partial charge in [0.15, 0.2) is 0 Å². The molecule has 2 N–H and O–H groups in total. The van der Waals surface area contributed by atoms with Gasteiger partial charge in [-0.3, -0.25) is 4.79 Å². The van der Waals surface area contributed by atoms with Crippen LogP contribution in [0, 0.1) is 0 Å². The average molecular weight is 250 g/mol. The number of carboxylic acids is 1. The van der Waals surface area contributed by atoms with Crippen molar-refractivity contribution in [3.05, 3.63) is 12.7 Å². The fourth-order valence-electron chi connectivity index (χ4n) is 1.18. The third kappa shape index (κ3) is 4.30. The second-order valence-corrected chi connectivity index (χ2v) is 4.82. The van der Waals surface area contributed by atoms with Crippen molar-refractivity contribution in [1.29, 1.82) is 0 Å². The molecule has 94 valence electrons. The molecule has 0 bridgehead atoms. The second-order valence-electron chi connectivity index (χ2n) is 3.12. The summed E-state index contributed by atoms with van der Waals surface area (Å²) in [7, 11) is -3.73. The Bertz CT molecular complexity index is 335. The third-order valence-electron chi connectivity index (χ3n) is 2.04. The SMILES string of the molecule is C=CCC(NS(=O)(=O)N(CC)CC)C(=O)O. The fraction of sp³-hybridized carbons (Fsp3) is 0.667. The summed E-state index contributed by atoms with van der Waals surface area (Å²) in [5, 5.41) is 8.80. The van der Waals surface area contributed by atoms with Crippen molar-refractivity contribution >= 4 is 16.2 Å². The van der Waals surface area contributed by atoms with Crippen molar-refractivity contribution in [3.8, 4) is 0 Å². The summed E-state index contributed by atoms with van der Waals surface area (Å²) in [6, 6.07) is -1.16. The zero-order valence-electron chi connectivity index (χ0n) is 9.51. The molecule has 0 amide bonds. The predicted molar refractivity (Wildman–Crippen MR) is 61.2 cm³/mol. The lowest BCUT2D eigenvalue weighted by molar-refractivity contribution is -0.138. The minimum absolute atomic E-state index is 0.0514. The average Bonchev–Trinajstić information content (AvgIpc) is 2.18. The van der Waals surface area contributed by atoms with E-state index in [1.807, 2.05) is 0 Å². The molecule has 0 rings (SSSR count). The maximum atomic E-state index is 11.7. The third-order valence-corrected chi connectivity index (χ3v) is 3.82. The van der Waals surface area contributed by atoms with E-state index >= 15 is 0 Å². The van der Waals surface area contributed by atoms with Gasteiger partial charge in [0.2, 0.25) is 0 Å². The van der Waals surface area contributed by atoms with Gasteiger partial charge in [0.05, 0.1) is 0 Å². The molecular weight excluding hydrogens is 232 g/mol. The van der Waals surface area contributed by atoms with Gasteiger partial charge in [0, 0.05) is 13.1 Å². The first-order chi connectivity index (χ1) is 7.38. The highest BCUT2D eigenvalue weighted by Crippen LogP contribution is 2.02. The minimum atomic E-state index is -3.73. The Hall–Kier alpha value is -0.920. The first kappa shape index (κ1) is 15.1. The van der Waals surface area contributed by atoms with E-state index < -0.39 is 22.2 Å². The Labute approximate surface area is 96.1 Å². The van der Waals surface area contributed by atoms with Crippen LogP contribution in [-0.4, -0.2) is 42.9 Å². The van der Waals surface area contributed by atoms with Crippen molar-refractivity contribution in [2.75, 3.05) is 13.1 Å². The molecule has 1 atom stereocenters. The standard InChI is InChI=1S/C9H18N2O4S/c1-4-7-8(9(12)13)10-16(14,15)11(5-2)6-3/h4,8,10H,1,5-7H2,2-3H3,(H,12,13).